The molecule has 5 heteroatoms. The zero-order chi connectivity index (χ0) is 11.7. The summed E-state index contributed by atoms with van der Waals surface area (Å²) in [6, 6.07) is 3.81. The van der Waals surface area contributed by atoms with Crippen molar-refractivity contribution in [3.8, 4) is 5.88 Å². The molecule has 16 heavy (non-hydrogen) atoms. The number of halogens is 1. The summed E-state index contributed by atoms with van der Waals surface area (Å²) in [7, 11) is 1.40. The predicted molar refractivity (Wildman–Crippen MR) is 55.2 cm³/mol. The Kier molecular flexibility index (Phi) is 2.44. The van der Waals surface area contributed by atoms with Gasteiger partial charge in [0.05, 0.1) is 12.7 Å². The van der Waals surface area contributed by atoms with E-state index in [-0.39, 0.29) is 11.4 Å². The van der Waals surface area contributed by atoms with Gasteiger partial charge in [-0.15, -0.1) is 0 Å². The Labute approximate surface area is 90.3 Å². The number of aromatic carboxylic acids is 1. The monoisotopic (exact) mass is 221 g/mol. The number of benzene rings is 1. The third-order valence-electron chi connectivity index (χ3n) is 2.24. The van der Waals surface area contributed by atoms with Crippen molar-refractivity contribution < 1.29 is 19.0 Å². The van der Waals surface area contributed by atoms with E-state index in [2.05, 4.69) is 4.98 Å². The van der Waals surface area contributed by atoms with E-state index in [1.165, 1.54) is 31.5 Å². The summed E-state index contributed by atoms with van der Waals surface area (Å²) in [6.07, 6.45) is 1.20. The van der Waals surface area contributed by atoms with Crippen LogP contribution in [0.4, 0.5) is 4.39 Å². The van der Waals surface area contributed by atoms with Gasteiger partial charge in [-0.05, 0) is 12.1 Å². The van der Waals surface area contributed by atoms with Crippen molar-refractivity contribution in [2.75, 3.05) is 7.11 Å². The molecule has 0 amide bonds. The van der Waals surface area contributed by atoms with Crippen molar-refractivity contribution in [1.82, 2.24) is 4.98 Å². The second kappa shape index (κ2) is 3.77. The van der Waals surface area contributed by atoms with E-state index in [1.807, 2.05) is 0 Å². The minimum absolute atomic E-state index is 0.0239. The highest BCUT2D eigenvalue weighted by Gasteiger charge is 2.13. The predicted octanol–water partition coefficient (Wildman–Crippen LogP) is 2.08. The standard InChI is InChI=1S/C11H8FNO3/c1-16-10-8-4-6(12)2-3-7(8)9(5-13-10)11(14)15/h2-5H,1H3,(H,14,15). The number of pyridine rings is 1. The molecule has 2 rings (SSSR count). The number of hydrogen-bond acceptors (Lipinski definition) is 3. The van der Waals surface area contributed by atoms with Crippen LogP contribution in [-0.2, 0) is 0 Å². The SMILES string of the molecule is COc1ncc(C(=O)O)c2ccc(F)cc12. The van der Waals surface area contributed by atoms with Crippen LogP contribution in [0, 0.1) is 5.82 Å². The maximum atomic E-state index is 13.1. The molecule has 1 heterocycles. The molecule has 4 nitrogen and oxygen atoms in total. The van der Waals surface area contributed by atoms with E-state index in [4.69, 9.17) is 9.84 Å². The normalized spacial score (nSPS) is 10.4. The summed E-state index contributed by atoms with van der Waals surface area (Å²) < 4.78 is 18.0. The first-order chi connectivity index (χ1) is 7.63. The third kappa shape index (κ3) is 1.56. The Balaban J connectivity index is 2.85. The fourth-order valence-corrected chi connectivity index (χ4v) is 1.52. The van der Waals surface area contributed by atoms with Crippen LogP contribution in [0.5, 0.6) is 5.88 Å². The highest BCUT2D eigenvalue weighted by Crippen LogP contribution is 2.26. The minimum Gasteiger partial charge on any atom is -0.481 e. The van der Waals surface area contributed by atoms with Gasteiger partial charge in [-0.25, -0.2) is 14.2 Å². The number of carboxylic acids is 1. The van der Waals surface area contributed by atoms with Crippen LogP contribution < -0.4 is 4.74 Å². The number of fused-ring (bicyclic) bond motifs is 1. The molecule has 0 unspecified atom stereocenters. The highest BCUT2D eigenvalue weighted by atomic mass is 19.1. The van der Waals surface area contributed by atoms with E-state index >= 15 is 0 Å². The van der Waals surface area contributed by atoms with Gasteiger partial charge in [0.25, 0.3) is 0 Å². The lowest BCUT2D eigenvalue weighted by molar-refractivity contribution is 0.0698. The highest BCUT2D eigenvalue weighted by molar-refractivity contribution is 6.04. The molecule has 0 aliphatic heterocycles. The van der Waals surface area contributed by atoms with Gasteiger partial charge in [-0.1, -0.05) is 6.07 Å². The molecule has 0 radical (unpaired) electrons. The summed E-state index contributed by atoms with van der Waals surface area (Å²) in [5, 5.41) is 9.69. The molecule has 1 N–H and O–H groups in total. The molecule has 0 saturated carbocycles. The van der Waals surface area contributed by atoms with E-state index in [0.717, 1.165) is 0 Å². The van der Waals surface area contributed by atoms with Crippen LogP contribution in [0.2, 0.25) is 0 Å². The lowest BCUT2D eigenvalue weighted by Crippen LogP contribution is -2.00. The molecule has 0 bridgehead atoms. The molecule has 82 valence electrons. The molecule has 0 spiro atoms. The number of nitrogens with zero attached hydrogens (tertiary/aromatic N) is 1. The fourth-order valence-electron chi connectivity index (χ4n) is 1.52. The van der Waals surface area contributed by atoms with Crippen LogP contribution in [-0.4, -0.2) is 23.2 Å². The van der Waals surface area contributed by atoms with Crippen LogP contribution in [0.1, 0.15) is 10.4 Å². The van der Waals surface area contributed by atoms with Crippen molar-refractivity contribution in [3.05, 3.63) is 35.8 Å². The second-order valence-corrected chi connectivity index (χ2v) is 3.18. The molecule has 0 aliphatic rings. The Morgan fingerprint density at radius 1 is 1.44 bits per heavy atom. The molecule has 1 aromatic heterocycles. The lowest BCUT2D eigenvalue weighted by Gasteiger charge is -2.06. The van der Waals surface area contributed by atoms with Crippen molar-refractivity contribution in [1.29, 1.82) is 0 Å². The molecule has 1 aromatic carbocycles. The van der Waals surface area contributed by atoms with Gasteiger partial charge in [0.15, 0.2) is 0 Å². The fraction of sp³-hybridized carbons (Fsp3) is 0.0909. The van der Waals surface area contributed by atoms with Gasteiger partial charge in [0.2, 0.25) is 5.88 Å². The minimum atomic E-state index is -1.10. The third-order valence-corrected chi connectivity index (χ3v) is 2.24. The number of rotatable bonds is 2. The van der Waals surface area contributed by atoms with Crippen LogP contribution >= 0.6 is 0 Å². The summed E-state index contributed by atoms with van der Waals surface area (Å²) >= 11 is 0. The first-order valence-corrected chi connectivity index (χ1v) is 4.49. The summed E-state index contributed by atoms with van der Waals surface area (Å²) in [6.45, 7) is 0. The number of aromatic nitrogens is 1. The van der Waals surface area contributed by atoms with E-state index in [9.17, 15) is 9.18 Å². The smallest absolute Gasteiger partial charge is 0.337 e. The molecule has 0 atom stereocenters. The average molecular weight is 221 g/mol. The molecule has 0 aliphatic carbocycles. The molecular weight excluding hydrogens is 213 g/mol. The van der Waals surface area contributed by atoms with Crippen molar-refractivity contribution in [2.24, 2.45) is 0 Å². The van der Waals surface area contributed by atoms with Gasteiger partial charge in [-0.2, -0.15) is 0 Å². The molecule has 0 fully saturated rings. The maximum Gasteiger partial charge on any atom is 0.337 e. The Bertz CT molecular complexity index is 568. The Morgan fingerprint density at radius 3 is 2.81 bits per heavy atom. The van der Waals surface area contributed by atoms with Gasteiger partial charge in [0, 0.05) is 17.0 Å². The summed E-state index contributed by atoms with van der Waals surface area (Å²) in [5.41, 5.74) is 0.0239. The number of hydrogen-bond donors (Lipinski definition) is 1. The van der Waals surface area contributed by atoms with Gasteiger partial charge < -0.3 is 9.84 Å². The number of ether oxygens (including phenoxy) is 1. The number of methoxy groups -OCH3 is 1. The Morgan fingerprint density at radius 2 is 2.19 bits per heavy atom. The molecule has 2 aromatic rings. The van der Waals surface area contributed by atoms with Crippen LogP contribution in [0.3, 0.4) is 0 Å². The van der Waals surface area contributed by atoms with Crippen molar-refractivity contribution in [2.45, 2.75) is 0 Å². The zero-order valence-corrected chi connectivity index (χ0v) is 8.40. The number of carbonyl (C=O) groups is 1. The van der Waals surface area contributed by atoms with Gasteiger partial charge in [-0.3, -0.25) is 0 Å². The summed E-state index contributed by atoms with van der Waals surface area (Å²) in [5.74, 6) is -1.36. The first kappa shape index (κ1) is 10.4. The largest absolute Gasteiger partial charge is 0.481 e. The second-order valence-electron chi connectivity index (χ2n) is 3.18. The van der Waals surface area contributed by atoms with E-state index < -0.39 is 11.8 Å². The maximum absolute atomic E-state index is 13.1. The van der Waals surface area contributed by atoms with Crippen LogP contribution in [0.15, 0.2) is 24.4 Å². The van der Waals surface area contributed by atoms with Gasteiger partial charge >= 0.3 is 5.97 Å². The summed E-state index contributed by atoms with van der Waals surface area (Å²) in [4.78, 5) is 14.7. The number of carboxylic acid groups (broad SMARTS) is 1. The van der Waals surface area contributed by atoms with Gasteiger partial charge in [0.1, 0.15) is 5.82 Å². The van der Waals surface area contributed by atoms with Crippen molar-refractivity contribution >= 4 is 16.7 Å². The molecule has 0 saturated heterocycles. The topological polar surface area (TPSA) is 59.4 Å². The van der Waals surface area contributed by atoms with Crippen LogP contribution in [0.25, 0.3) is 10.8 Å². The van der Waals surface area contributed by atoms with Crippen molar-refractivity contribution in [3.63, 3.8) is 0 Å². The van der Waals surface area contributed by atoms with E-state index in [1.54, 1.807) is 0 Å². The first-order valence-electron chi connectivity index (χ1n) is 4.49. The lowest BCUT2D eigenvalue weighted by atomic mass is 10.1. The Hall–Kier alpha value is -2.17. The quantitative estimate of drug-likeness (QED) is 0.843. The molecular formula is C11H8FNO3. The van der Waals surface area contributed by atoms with E-state index in [0.29, 0.717) is 10.8 Å². The average Bonchev–Trinajstić information content (AvgIpc) is 2.27. The zero-order valence-electron chi connectivity index (χ0n) is 8.40.